The number of piperazine rings is 1. The number of aromatic nitrogens is 4. The number of phenols is 1. The second-order valence-corrected chi connectivity index (χ2v) is 6.56. The number of hydrogen-bond acceptors (Lipinski definition) is 6. The SMILES string of the molecule is Cc1cc(C)n(-c2cncc(N3CCN(c4ccc(O)cc4)CC3)n2)n1. The Balaban J connectivity index is 1.48. The summed E-state index contributed by atoms with van der Waals surface area (Å²) in [5, 5.41) is 13.9. The van der Waals surface area contributed by atoms with Crippen LogP contribution in [0.5, 0.6) is 5.75 Å². The lowest BCUT2D eigenvalue weighted by atomic mass is 10.2. The van der Waals surface area contributed by atoms with Crippen molar-refractivity contribution < 1.29 is 5.11 Å². The minimum Gasteiger partial charge on any atom is -0.508 e. The van der Waals surface area contributed by atoms with E-state index >= 15 is 0 Å². The first-order chi connectivity index (χ1) is 12.6. The van der Waals surface area contributed by atoms with Gasteiger partial charge in [0, 0.05) is 37.6 Å². The molecule has 0 spiro atoms. The van der Waals surface area contributed by atoms with E-state index in [0.717, 1.165) is 54.9 Å². The van der Waals surface area contributed by atoms with E-state index in [4.69, 9.17) is 4.98 Å². The number of aryl methyl sites for hydroxylation is 2. The monoisotopic (exact) mass is 350 g/mol. The summed E-state index contributed by atoms with van der Waals surface area (Å²) < 4.78 is 1.83. The fraction of sp³-hybridized carbons (Fsp3) is 0.316. The first-order valence-corrected chi connectivity index (χ1v) is 8.75. The van der Waals surface area contributed by atoms with Crippen molar-refractivity contribution in [2.75, 3.05) is 36.0 Å². The van der Waals surface area contributed by atoms with Gasteiger partial charge in [0.15, 0.2) is 5.82 Å². The van der Waals surface area contributed by atoms with Gasteiger partial charge in [0.25, 0.3) is 0 Å². The molecule has 1 aromatic carbocycles. The smallest absolute Gasteiger partial charge is 0.174 e. The molecule has 26 heavy (non-hydrogen) atoms. The molecule has 0 atom stereocenters. The van der Waals surface area contributed by atoms with Gasteiger partial charge in [-0.05, 0) is 44.2 Å². The van der Waals surface area contributed by atoms with E-state index < -0.39 is 0 Å². The largest absolute Gasteiger partial charge is 0.508 e. The van der Waals surface area contributed by atoms with E-state index in [1.54, 1.807) is 18.3 Å². The molecule has 1 saturated heterocycles. The molecular formula is C19H22N6O. The van der Waals surface area contributed by atoms with Crippen molar-refractivity contribution in [3.63, 3.8) is 0 Å². The normalized spacial score (nSPS) is 14.7. The van der Waals surface area contributed by atoms with Gasteiger partial charge >= 0.3 is 0 Å². The maximum atomic E-state index is 9.44. The average molecular weight is 350 g/mol. The Hall–Kier alpha value is -3.09. The van der Waals surface area contributed by atoms with Crippen LogP contribution in [0.4, 0.5) is 11.5 Å². The van der Waals surface area contributed by atoms with E-state index in [1.165, 1.54) is 0 Å². The molecule has 1 fully saturated rings. The van der Waals surface area contributed by atoms with Crippen molar-refractivity contribution in [2.24, 2.45) is 0 Å². The quantitative estimate of drug-likeness (QED) is 0.782. The lowest BCUT2D eigenvalue weighted by Gasteiger charge is -2.36. The van der Waals surface area contributed by atoms with Gasteiger partial charge < -0.3 is 14.9 Å². The van der Waals surface area contributed by atoms with Gasteiger partial charge in [0.1, 0.15) is 11.6 Å². The Morgan fingerprint density at radius 2 is 1.54 bits per heavy atom. The zero-order chi connectivity index (χ0) is 18.1. The van der Waals surface area contributed by atoms with E-state index in [9.17, 15) is 5.11 Å². The molecule has 2 aromatic heterocycles. The molecule has 0 radical (unpaired) electrons. The minimum atomic E-state index is 0.295. The van der Waals surface area contributed by atoms with Crippen LogP contribution in [0.1, 0.15) is 11.4 Å². The molecule has 3 heterocycles. The van der Waals surface area contributed by atoms with E-state index in [-0.39, 0.29) is 0 Å². The second-order valence-electron chi connectivity index (χ2n) is 6.56. The van der Waals surface area contributed by atoms with Gasteiger partial charge in [-0.15, -0.1) is 0 Å². The summed E-state index contributed by atoms with van der Waals surface area (Å²) in [6, 6.07) is 9.39. The summed E-state index contributed by atoms with van der Waals surface area (Å²) >= 11 is 0. The Bertz CT molecular complexity index is 897. The van der Waals surface area contributed by atoms with Crippen LogP contribution < -0.4 is 9.80 Å². The molecule has 0 amide bonds. The van der Waals surface area contributed by atoms with Gasteiger partial charge in [0.2, 0.25) is 0 Å². The maximum Gasteiger partial charge on any atom is 0.174 e. The molecule has 0 aliphatic carbocycles. The predicted octanol–water partition coefficient (Wildman–Crippen LogP) is 2.31. The average Bonchev–Trinajstić information content (AvgIpc) is 3.01. The molecule has 1 aliphatic rings. The highest BCUT2D eigenvalue weighted by atomic mass is 16.3. The first-order valence-electron chi connectivity index (χ1n) is 8.75. The van der Waals surface area contributed by atoms with Gasteiger partial charge in [-0.3, -0.25) is 4.98 Å². The molecule has 1 aliphatic heterocycles. The second kappa shape index (κ2) is 6.67. The van der Waals surface area contributed by atoms with Crippen molar-refractivity contribution in [3.8, 4) is 11.6 Å². The summed E-state index contributed by atoms with van der Waals surface area (Å²) in [6.07, 6.45) is 3.56. The highest BCUT2D eigenvalue weighted by Gasteiger charge is 2.19. The molecule has 7 nitrogen and oxygen atoms in total. The number of phenolic OH excluding ortho intramolecular Hbond substituents is 1. The maximum absolute atomic E-state index is 9.44. The lowest BCUT2D eigenvalue weighted by molar-refractivity contribution is 0.475. The van der Waals surface area contributed by atoms with Crippen molar-refractivity contribution in [1.29, 1.82) is 0 Å². The van der Waals surface area contributed by atoms with Crippen molar-refractivity contribution >= 4 is 11.5 Å². The van der Waals surface area contributed by atoms with E-state index in [1.807, 2.05) is 42.9 Å². The number of hydrogen-bond donors (Lipinski definition) is 1. The van der Waals surface area contributed by atoms with Crippen LogP contribution in [0.15, 0.2) is 42.7 Å². The van der Waals surface area contributed by atoms with E-state index in [0.29, 0.717) is 5.75 Å². The molecular weight excluding hydrogens is 328 g/mol. The zero-order valence-electron chi connectivity index (χ0n) is 15.0. The van der Waals surface area contributed by atoms with Crippen LogP contribution in [-0.4, -0.2) is 51.0 Å². The topological polar surface area (TPSA) is 70.3 Å². The third-order valence-electron chi connectivity index (χ3n) is 4.65. The van der Waals surface area contributed by atoms with Gasteiger partial charge in [0.05, 0.1) is 18.1 Å². The fourth-order valence-electron chi connectivity index (χ4n) is 3.32. The molecule has 134 valence electrons. The first kappa shape index (κ1) is 16.4. The predicted molar refractivity (Wildman–Crippen MR) is 101 cm³/mol. The third kappa shape index (κ3) is 3.20. The van der Waals surface area contributed by atoms with Crippen LogP contribution in [0, 0.1) is 13.8 Å². The molecule has 0 saturated carbocycles. The minimum absolute atomic E-state index is 0.295. The van der Waals surface area contributed by atoms with Crippen LogP contribution in [0.2, 0.25) is 0 Å². The van der Waals surface area contributed by atoms with Gasteiger partial charge in [-0.25, -0.2) is 9.67 Å². The molecule has 7 heteroatoms. The van der Waals surface area contributed by atoms with Crippen LogP contribution in [0.25, 0.3) is 5.82 Å². The molecule has 3 aromatic rings. The number of anilines is 2. The molecule has 0 unspecified atom stereocenters. The highest BCUT2D eigenvalue weighted by Crippen LogP contribution is 2.22. The molecule has 0 bridgehead atoms. The summed E-state index contributed by atoms with van der Waals surface area (Å²) in [4.78, 5) is 13.7. The fourth-order valence-corrected chi connectivity index (χ4v) is 3.32. The number of aromatic hydroxyl groups is 1. The van der Waals surface area contributed by atoms with Crippen molar-refractivity contribution in [2.45, 2.75) is 13.8 Å². The number of benzene rings is 1. The summed E-state index contributed by atoms with van der Waals surface area (Å²) in [6.45, 7) is 7.54. The van der Waals surface area contributed by atoms with Crippen LogP contribution in [-0.2, 0) is 0 Å². The van der Waals surface area contributed by atoms with Crippen molar-refractivity contribution in [1.82, 2.24) is 19.7 Å². The summed E-state index contributed by atoms with van der Waals surface area (Å²) in [5.74, 6) is 1.91. The van der Waals surface area contributed by atoms with E-state index in [2.05, 4.69) is 19.9 Å². The Labute approximate surface area is 152 Å². The van der Waals surface area contributed by atoms with Gasteiger partial charge in [-0.1, -0.05) is 0 Å². The number of rotatable bonds is 3. The summed E-state index contributed by atoms with van der Waals surface area (Å²) in [7, 11) is 0. The van der Waals surface area contributed by atoms with Crippen molar-refractivity contribution in [3.05, 3.63) is 54.1 Å². The van der Waals surface area contributed by atoms with Crippen LogP contribution >= 0.6 is 0 Å². The Morgan fingerprint density at radius 3 is 2.19 bits per heavy atom. The number of nitrogens with zero attached hydrogens (tertiary/aromatic N) is 6. The molecule has 1 N–H and O–H groups in total. The lowest BCUT2D eigenvalue weighted by Crippen LogP contribution is -2.46. The standard InChI is InChI=1S/C19H22N6O/c1-14-11-15(2)25(22-14)19-13-20-12-18(21-19)24-9-7-23(8-10-24)16-3-5-17(26)6-4-16/h3-6,11-13,26H,7-10H2,1-2H3. The third-order valence-corrected chi connectivity index (χ3v) is 4.65. The Morgan fingerprint density at radius 1 is 0.885 bits per heavy atom. The van der Waals surface area contributed by atoms with Crippen LogP contribution in [0.3, 0.4) is 0 Å². The highest BCUT2D eigenvalue weighted by molar-refractivity contribution is 5.51. The Kier molecular flexibility index (Phi) is 4.20. The molecule has 4 rings (SSSR count). The summed E-state index contributed by atoms with van der Waals surface area (Å²) in [5.41, 5.74) is 3.15. The zero-order valence-corrected chi connectivity index (χ0v) is 15.0. The van der Waals surface area contributed by atoms with Gasteiger partial charge in [-0.2, -0.15) is 5.10 Å².